The van der Waals surface area contributed by atoms with Gasteiger partial charge >= 0.3 is 5.97 Å². The minimum atomic E-state index is -0.830. The van der Waals surface area contributed by atoms with Crippen molar-refractivity contribution in [1.82, 2.24) is 5.32 Å². The van der Waals surface area contributed by atoms with Gasteiger partial charge in [0.05, 0.1) is 6.54 Å². The van der Waals surface area contributed by atoms with E-state index in [0.29, 0.717) is 24.1 Å². The molecule has 1 atom stereocenters. The van der Waals surface area contributed by atoms with Gasteiger partial charge in [-0.15, -0.1) is 0 Å². The Hall–Kier alpha value is -2.04. The molecule has 0 aliphatic heterocycles. The Balaban J connectivity index is 1.78. The maximum Gasteiger partial charge on any atom is 0.317 e. The van der Waals surface area contributed by atoms with E-state index in [-0.39, 0.29) is 6.54 Å². The van der Waals surface area contributed by atoms with E-state index in [2.05, 4.69) is 12.2 Å². The summed E-state index contributed by atoms with van der Waals surface area (Å²) in [7, 11) is 0. The van der Waals surface area contributed by atoms with Gasteiger partial charge in [0.15, 0.2) is 0 Å². The topological polar surface area (TPSA) is 58.6 Å². The summed E-state index contributed by atoms with van der Waals surface area (Å²) in [5.41, 5.74) is 2.24. The van der Waals surface area contributed by atoms with E-state index >= 15 is 0 Å². The van der Waals surface area contributed by atoms with E-state index in [1.165, 1.54) is 5.56 Å². The molecule has 4 nitrogen and oxygen atoms in total. The molecule has 0 bridgehead atoms. The standard InChI is InChI=1S/C19H22ClNO3/c1-14(11-21-12-19(22)23)9-15-5-7-18(8-6-15)24-13-16-3-2-4-17(20)10-16/h2-8,10,14,21H,9,11-13H2,1H3,(H,22,23). The van der Waals surface area contributed by atoms with Crippen LogP contribution in [0, 0.1) is 5.92 Å². The number of halogens is 1. The Bertz CT molecular complexity index is 658. The predicted octanol–water partition coefficient (Wildman–Crippen LogP) is 3.77. The molecule has 2 aromatic rings. The van der Waals surface area contributed by atoms with Gasteiger partial charge in [0, 0.05) is 5.02 Å². The van der Waals surface area contributed by atoms with E-state index in [1.807, 2.05) is 48.5 Å². The molecular weight excluding hydrogens is 326 g/mol. The fourth-order valence-corrected chi connectivity index (χ4v) is 2.63. The Morgan fingerprint density at radius 3 is 2.62 bits per heavy atom. The van der Waals surface area contributed by atoms with E-state index in [4.69, 9.17) is 21.4 Å². The third kappa shape index (κ3) is 6.60. The fourth-order valence-electron chi connectivity index (χ4n) is 2.42. The number of carboxylic acid groups (broad SMARTS) is 1. The second-order valence-corrected chi connectivity index (χ2v) is 6.33. The van der Waals surface area contributed by atoms with Crippen LogP contribution in [0.1, 0.15) is 18.1 Å². The molecule has 0 spiro atoms. The number of carbonyl (C=O) groups is 1. The van der Waals surface area contributed by atoms with Crippen LogP contribution in [0.15, 0.2) is 48.5 Å². The van der Waals surface area contributed by atoms with Crippen molar-refractivity contribution in [2.75, 3.05) is 13.1 Å². The Morgan fingerprint density at radius 2 is 1.96 bits per heavy atom. The van der Waals surface area contributed by atoms with Gasteiger partial charge < -0.3 is 15.2 Å². The van der Waals surface area contributed by atoms with E-state index in [0.717, 1.165) is 17.7 Å². The van der Waals surface area contributed by atoms with E-state index in [9.17, 15) is 4.79 Å². The van der Waals surface area contributed by atoms with Crippen molar-refractivity contribution < 1.29 is 14.6 Å². The Kier molecular flexibility index (Phi) is 7.09. The molecule has 0 saturated carbocycles. The second kappa shape index (κ2) is 9.30. The first-order valence-corrected chi connectivity index (χ1v) is 8.29. The summed E-state index contributed by atoms with van der Waals surface area (Å²) in [5, 5.41) is 12.2. The van der Waals surface area contributed by atoms with Crippen molar-refractivity contribution in [2.45, 2.75) is 20.0 Å². The summed E-state index contributed by atoms with van der Waals surface area (Å²) in [4.78, 5) is 10.5. The molecule has 0 fully saturated rings. The van der Waals surface area contributed by atoms with Crippen molar-refractivity contribution in [3.63, 3.8) is 0 Å². The molecule has 128 valence electrons. The highest BCUT2D eigenvalue weighted by Crippen LogP contribution is 2.17. The number of nitrogens with one attached hydrogen (secondary N) is 1. The summed E-state index contributed by atoms with van der Waals surface area (Å²) in [6.07, 6.45) is 0.890. The van der Waals surface area contributed by atoms with Crippen LogP contribution in [-0.2, 0) is 17.8 Å². The molecule has 0 aromatic heterocycles. The van der Waals surface area contributed by atoms with Crippen LogP contribution in [-0.4, -0.2) is 24.2 Å². The van der Waals surface area contributed by atoms with Gasteiger partial charge in [-0.1, -0.05) is 42.8 Å². The first kappa shape index (κ1) is 18.3. The minimum Gasteiger partial charge on any atom is -0.489 e. The molecule has 0 aliphatic rings. The average Bonchev–Trinajstić information content (AvgIpc) is 2.54. The van der Waals surface area contributed by atoms with Gasteiger partial charge in [-0.3, -0.25) is 4.79 Å². The average molecular weight is 348 g/mol. The van der Waals surface area contributed by atoms with Crippen LogP contribution in [0.25, 0.3) is 0 Å². The lowest BCUT2D eigenvalue weighted by Gasteiger charge is -2.12. The van der Waals surface area contributed by atoms with Crippen molar-refractivity contribution >= 4 is 17.6 Å². The van der Waals surface area contributed by atoms with Gasteiger partial charge in [0.25, 0.3) is 0 Å². The number of carboxylic acids is 1. The SMILES string of the molecule is CC(CNCC(=O)O)Cc1ccc(OCc2cccc(Cl)c2)cc1. The maximum atomic E-state index is 10.5. The Morgan fingerprint density at radius 1 is 1.21 bits per heavy atom. The quantitative estimate of drug-likeness (QED) is 0.725. The predicted molar refractivity (Wildman–Crippen MR) is 95.6 cm³/mol. The summed E-state index contributed by atoms with van der Waals surface area (Å²) in [5.74, 6) is 0.348. The third-order valence-electron chi connectivity index (χ3n) is 3.57. The molecule has 2 aromatic carbocycles. The van der Waals surface area contributed by atoms with Crippen LogP contribution >= 0.6 is 11.6 Å². The largest absolute Gasteiger partial charge is 0.489 e. The molecule has 2 N–H and O–H groups in total. The number of hydrogen-bond acceptors (Lipinski definition) is 3. The van der Waals surface area contributed by atoms with Crippen molar-refractivity contribution in [2.24, 2.45) is 5.92 Å². The van der Waals surface area contributed by atoms with Crippen LogP contribution in [0.3, 0.4) is 0 Å². The van der Waals surface area contributed by atoms with Gasteiger partial charge in [0.1, 0.15) is 12.4 Å². The number of aliphatic carboxylic acids is 1. The zero-order valence-electron chi connectivity index (χ0n) is 13.7. The molecule has 2 rings (SSSR count). The van der Waals surface area contributed by atoms with E-state index in [1.54, 1.807) is 0 Å². The smallest absolute Gasteiger partial charge is 0.317 e. The first-order chi connectivity index (χ1) is 11.5. The molecular formula is C19H22ClNO3. The van der Waals surface area contributed by atoms with Crippen LogP contribution in [0.4, 0.5) is 0 Å². The van der Waals surface area contributed by atoms with Crippen molar-refractivity contribution in [3.05, 3.63) is 64.7 Å². The highest BCUT2D eigenvalue weighted by Gasteiger charge is 2.05. The molecule has 24 heavy (non-hydrogen) atoms. The lowest BCUT2D eigenvalue weighted by molar-refractivity contribution is -0.135. The zero-order valence-corrected chi connectivity index (χ0v) is 14.4. The van der Waals surface area contributed by atoms with Crippen LogP contribution in [0.2, 0.25) is 5.02 Å². The third-order valence-corrected chi connectivity index (χ3v) is 3.81. The normalized spacial score (nSPS) is 11.9. The minimum absolute atomic E-state index is 0.000615. The first-order valence-electron chi connectivity index (χ1n) is 7.91. The highest BCUT2D eigenvalue weighted by molar-refractivity contribution is 6.30. The van der Waals surface area contributed by atoms with E-state index < -0.39 is 5.97 Å². The summed E-state index contributed by atoms with van der Waals surface area (Å²) in [6.45, 7) is 3.26. The van der Waals surface area contributed by atoms with Crippen molar-refractivity contribution in [3.8, 4) is 5.75 Å². The molecule has 0 saturated heterocycles. The summed E-state index contributed by atoms with van der Waals surface area (Å²) < 4.78 is 5.76. The highest BCUT2D eigenvalue weighted by atomic mass is 35.5. The molecule has 5 heteroatoms. The lowest BCUT2D eigenvalue weighted by atomic mass is 10.0. The van der Waals surface area contributed by atoms with Crippen LogP contribution < -0.4 is 10.1 Å². The van der Waals surface area contributed by atoms with Crippen molar-refractivity contribution in [1.29, 1.82) is 0 Å². The van der Waals surface area contributed by atoms with Gasteiger partial charge in [-0.25, -0.2) is 0 Å². The van der Waals surface area contributed by atoms with Crippen LogP contribution in [0.5, 0.6) is 5.75 Å². The molecule has 0 aliphatic carbocycles. The van der Waals surface area contributed by atoms with Gasteiger partial charge in [0.2, 0.25) is 0 Å². The summed E-state index contributed by atoms with van der Waals surface area (Å²) >= 11 is 5.96. The number of hydrogen-bond donors (Lipinski definition) is 2. The number of ether oxygens (including phenoxy) is 1. The molecule has 1 unspecified atom stereocenters. The maximum absolute atomic E-state index is 10.5. The number of rotatable bonds is 9. The fraction of sp³-hybridized carbons (Fsp3) is 0.316. The summed E-state index contributed by atoms with van der Waals surface area (Å²) in [6, 6.07) is 15.6. The monoisotopic (exact) mass is 347 g/mol. The molecule has 0 amide bonds. The molecule has 0 heterocycles. The second-order valence-electron chi connectivity index (χ2n) is 5.90. The molecule has 0 radical (unpaired) electrons. The number of benzene rings is 2. The van der Waals surface area contributed by atoms with Gasteiger partial charge in [-0.2, -0.15) is 0 Å². The zero-order chi connectivity index (χ0) is 17.4. The Labute approximate surface area is 147 Å². The van der Waals surface area contributed by atoms with Gasteiger partial charge in [-0.05, 0) is 54.3 Å². The lowest BCUT2D eigenvalue weighted by Crippen LogP contribution is -2.27.